The van der Waals surface area contributed by atoms with E-state index in [0.29, 0.717) is 32.6 Å². The van der Waals surface area contributed by atoms with Gasteiger partial charge in [0, 0.05) is 25.8 Å². The molecule has 0 aromatic heterocycles. The molecule has 0 spiro atoms. The standard InChI is InChI=1S/C21H25NO7/c1-14(23)28-29-21(24)22-10-4-7-20-26-12-16(13-27-20)18-6-3-5-15-11-17(25-2)8-9-19(15)18/h3,5-6,8-9,11,16,20H,4,7,10,12-13H2,1-2H3,(H,22,24). The van der Waals surface area contributed by atoms with Gasteiger partial charge in [0.1, 0.15) is 5.75 Å². The van der Waals surface area contributed by atoms with E-state index in [-0.39, 0.29) is 12.2 Å². The number of rotatable bonds is 6. The summed E-state index contributed by atoms with van der Waals surface area (Å²) < 4.78 is 17.0. The molecule has 156 valence electrons. The van der Waals surface area contributed by atoms with Gasteiger partial charge in [0.2, 0.25) is 0 Å². The minimum Gasteiger partial charge on any atom is -0.497 e. The van der Waals surface area contributed by atoms with Crippen LogP contribution in [0, 0.1) is 0 Å². The number of nitrogens with one attached hydrogen (secondary N) is 1. The minimum absolute atomic E-state index is 0.153. The van der Waals surface area contributed by atoms with Crippen molar-refractivity contribution >= 4 is 22.8 Å². The predicted molar refractivity (Wildman–Crippen MR) is 104 cm³/mol. The van der Waals surface area contributed by atoms with Crippen LogP contribution in [0.15, 0.2) is 36.4 Å². The van der Waals surface area contributed by atoms with E-state index in [0.717, 1.165) is 18.1 Å². The van der Waals surface area contributed by atoms with Crippen molar-refractivity contribution in [3.05, 3.63) is 42.0 Å². The number of benzene rings is 2. The van der Waals surface area contributed by atoms with Gasteiger partial charge in [-0.3, -0.25) is 0 Å². The van der Waals surface area contributed by atoms with Crippen LogP contribution in [-0.4, -0.2) is 45.2 Å². The maximum atomic E-state index is 11.3. The molecule has 1 aliphatic rings. The van der Waals surface area contributed by atoms with Crippen molar-refractivity contribution < 1.29 is 33.6 Å². The Kier molecular flexibility index (Phi) is 7.26. The van der Waals surface area contributed by atoms with Gasteiger partial charge in [-0.15, -0.1) is 0 Å². The van der Waals surface area contributed by atoms with Gasteiger partial charge in [-0.2, -0.15) is 0 Å². The fourth-order valence-corrected chi connectivity index (χ4v) is 3.24. The van der Waals surface area contributed by atoms with E-state index in [9.17, 15) is 9.59 Å². The third kappa shape index (κ3) is 5.82. The minimum atomic E-state index is -0.807. The topological polar surface area (TPSA) is 92.3 Å². The van der Waals surface area contributed by atoms with E-state index in [1.54, 1.807) is 7.11 Å². The molecular formula is C21H25NO7. The van der Waals surface area contributed by atoms with Crippen LogP contribution in [0.4, 0.5) is 4.79 Å². The lowest BCUT2D eigenvalue weighted by Gasteiger charge is -2.30. The molecular weight excluding hydrogens is 378 g/mol. The van der Waals surface area contributed by atoms with Crippen LogP contribution in [0.2, 0.25) is 0 Å². The number of carbonyl (C=O) groups excluding carboxylic acids is 2. The molecule has 1 aliphatic heterocycles. The maximum Gasteiger partial charge on any atom is 0.450 e. The van der Waals surface area contributed by atoms with Crippen molar-refractivity contribution in [2.24, 2.45) is 0 Å². The normalized spacial score (nSPS) is 18.8. The molecule has 8 nitrogen and oxygen atoms in total. The molecule has 1 fully saturated rings. The molecule has 8 heteroatoms. The zero-order valence-corrected chi connectivity index (χ0v) is 16.5. The lowest BCUT2D eigenvalue weighted by molar-refractivity contribution is -0.229. The molecule has 29 heavy (non-hydrogen) atoms. The summed E-state index contributed by atoms with van der Waals surface area (Å²) >= 11 is 0. The Morgan fingerprint density at radius 1 is 1.14 bits per heavy atom. The monoisotopic (exact) mass is 403 g/mol. The number of ether oxygens (including phenoxy) is 3. The summed E-state index contributed by atoms with van der Waals surface area (Å²) in [4.78, 5) is 30.2. The van der Waals surface area contributed by atoms with Crippen molar-refractivity contribution in [1.29, 1.82) is 0 Å². The summed E-state index contributed by atoms with van der Waals surface area (Å²) in [5.74, 6) is 0.292. The molecule has 1 saturated heterocycles. The summed E-state index contributed by atoms with van der Waals surface area (Å²) in [5, 5.41) is 4.77. The van der Waals surface area contributed by atoms with Gasteiger partial charge in [0.15, 0.2) is 6.29 Å². The molecule has 0 bridgehead atoms. The molecule has 1 heterocycles. The third-order valence-electron chi connectivity index (χ3n) is 4.65. The van der Waals surface area contributed by atoms with Gasteiger partial charge >= 0.3 is 12.1 Å². The highest BCUT2D eigenvalue weighted by Gasteiger charge is 2.24. The third-order valence-corrected chi connectivity index (χ3v) is 4.65. The molecule has 3 rings (SSSR count). The first kappa shape index (κ1) is 20.9. The van der Waals surface area contributed by atoms with E-state index in [2.05, 4.69) is 33.3 Å². The molecule has 0 radical (unpaired) electrons. The average molecular weight is 403 g/mol. The number of hydrogen-bond acceptors (Lipinski definition) is 7. The quantitative estimate of drug-likeness (QED) is 0.449. The maximum absolute atomic E-state index is 11.3. The number of amides is 1. The molecule has 0 aliphatic carbocycles. The number of fused-ring (bicyclic) bond motifs is 1. The highest BCUT2D eigenvalue weighted by atomic mass is 17.2. The summed E-state index contributed by atoms with van der Waals surface area (Å²) in [6.07, 6.45) is 0.150. The zero-order valence-electron chi connectivity index (χ0n) is 16.5. The largest absolute Gasteiger partial charge is 0.497 e. The van der Waals surface area contributed by atoms with Crippen molar-refractivity contribution in [2.45, 2.75) is 32.0 Å². The smallest absolute Gasteiger partial charge is 0.450 e. The summed E-state index contributed by atoms with van der Waals surface area (Å²) in [5.41, 5.74) is 1.19. The molecule has 0 saturated carbocycles. The van der Waals surface area contributed by atoms with Crippen molar-refractivity contribution in [3.8, 4) is 5.75 Å². The van der Waals surface area contributed by atoms with Gasteiger partial charge in [0.05, 0.1) is 20.3 Å². The predicted octanol–water partition coefficient (Wildman–Crippen LogP) is 3.29. The van der Waals surface area contributed by atoms with E-state index < -0.39 is 12.1 Å². The lowest BCUT2D eigenvalue weighted by atomic mass is 9.94. The first-order valence-electron chi connectivity index (χ1n) is 9.49. The van der Waals surface area contributed by atoms with Crippen LogP contribution in [-0.2, 0) is 24.0 Å². The SMILES string of the molecule is COc1ccc2c(C3COC(CCCNC(=O)OOC(C)=O)OC3)cccc2c1. The Balaban J connectivity index is 1.44. The number of carbonyl (C=O) groups is 2. The summed E-state index contributed by atoms with van der Waals surface area (Å²) in [6, 6.07) is 12.2. The van der Waals surface area contributed by atoms with Crippen LogP contribution in [0.25, 0.3) is 10.8 Å². The van der Waals surface area contributed by atoms with Crippen molar-refractivity contribution in [3.63, 3.8) is 0 Å². The van der Waals surface area contributed by atoms with E-state index in [1.807, 2.05) is 18.2 Å². The Bertz CT molecular complexity index is 846. The molecule has 1 N–H and O–H groups in total. The van der Waals surface area contributed by atoms with Gasteiger partial charge in [-0.05, 0) is 34.9 Å². The van der Waals surface area contributed by atoms with Crippen molar-refractivity contribution in [2.75, 3.05) is 26.9 Å². The second kappa shape index (κ2) is 10.1. The average Bonchev–Trinajstić information content (AvgIpc) is 2.75. The van der Waals surface area contributed by atoms with Crippen LogP contribution in [0.3, 0.4) is 0 Å². The van der Waals surface area contributed by atoms with Gasteiger partial charge < -0.3 is 19.5 Å². The second-order valence-corrected chi connectivity index (χ2v) is 6.74. The Morgan fingerprint density at radius 2 is 1.93 bits per heavy atom. The first-order chi connectivity index (χ1) is 14.1. The van der Waals surface area contributed by atoms with E-state index in [4.69, 9.17) is 14.2 Å². The first-order valence-corrected chi connectivity index (χ1v) is 9.49. The summed E-state index contributed by atoms with van der Waals surface area (Å²) in [7, 11) is 1.66. The van der Waals surface area contributed by atoms with E-state index >= 15 is 0 Å². The fourth-order valence-electron chi connectivity index (χ4n) is 3.24. The Morgan fingerprint density at radius 3 is 2.66 bits per heavy atom. The van der Waals surface area contributed by atoms with Crippen molar-refractivity contribution in [1.82, 2.24) is 5.32 Å². The Hall–Kier alpha value is -2.84. The molecule has 0 unspecified atom stereocenters. The fraction of sp³-hybridized carbons (Fsp3) is 0.429. The lowest BCUT2D eigenvalue weighted by Crippen LogP contribution is -2.32. The molecule has 2 aromatic carbocycles. The molecule has 2 aromatic rings. The molecule has 1 amide bonds. The summed E-state index contributed by atoms with van der Waals surface area (Å²) in [6.45, 7) is 2.64. The number of hydrogen-bond donors (Lipinski definition) is 1. The van der Waals surface area contributed by atoms with Gasteiger partial charge in [-0.1, -0.05) is 24.3 Å². The van der Waals surface area contributed by atoms with Crippen LogP contribution in [0.5, 0.6) is 5.75 Å². The van der Waals surface area contributed by atoms with E-state index in [1.165, 1.54) is 10.9 Å². The second-order valence-electron chi connectivity index (χ2n) is 6.74. The highest BCUT2D eigenvalue weighted by Crippen LogP contribution is 2.31. The zero-order chi connectivity index (χ0) is 20.6. The highest BCUT2D eigenvalue weighted by molar-refractivity contribution is 5.87. The van der Waals surface area contributed by atoms with Crippen LogP contribution >= 0.6 is 0 Å². The van der Waals surface area contributed by atoms with Gasteiger partial charge in [0.25, 0.3) is 0 Å². The van der Waals surface area contributed by atoms with Crippen LogP contribution < -0.4 is 10.1 Å². The van der Waals surface area contributed by atoms with Crippen LogP contribution in [0.1, 0.15) is 31.2 Å². The molecule has 0 atom stereocenters. The Labute approximate surface area is 168 Å². The van der Waals surface area contributed by atoms with Gasteiger partial charge in [-0.25, -0.2) is 19.4 Å². The number of methoxy groups -OCH3 is 1.